The van der Waals surface area contributed by atoms with Crippen molar-refractivity contribution in [2.45, 2.75) is 63.8 Å². The van der Waals surface area contributed by atoms with Gasteiger partial charge in [-0.25, -0.2) is 15.0 Å². The van der Waals surface area contributed by atoms with Crippen molar-refractivity contribution in [3.8, 4) is 17.7 Å². The Labute approximate surface area is 212 Å². The van der Waals surface area contributed by atoms with Gasteiger partial charge in [0.15, 0.2) is 0 Å². The van der Waals surface area contributed by atoms with E-state index in [1.807, 2.05) is 20.9 Å². The third-order valence-corrected chi connectivity index (χ3v) is 6.95. The lowest BCUT2D eigenvalue weighted by Crippen LogP contribution is -2.49. The minimum atomic E-state index is -0.975. The Kier molecular flexibility index (Phi) is 8.19. The summed E-state index contributed by atoms with van der Waals surface area (Å²) in [6.45, 7) is 5.41. The highest BCUT2D eigenvalue weighted by Gasteiger charge is 2.34. The van der Waals surface area contributed by atoms with Crippen LogP contribution in [0.3, 0.4) is 0 Å². The molecule has 0 unspecified atom stereocenters. The Bertz CT molecular complexity index is 1110. The van der Waals surface area contributed by atoms with Crippen LogP contribution in [-0.2, 0) is 6.54 Å². The number of pyridine rings is 1. The zero-order valence-corrected chi connectivity index (χ0v) is 21.2. The average molecular weight is 494 g/mol. The number of rotatable bonds is 6. The molecule has 2 N–H and O–H groups in total. The maximum atomic E-state index is 13.6. The number of likely N-dealkylation sites (N-methyl/N-ethyl adjacent to an activating group) is 1. The van der Waals surface area contributed by atoms with Gasteiger partial charge in [-0.05, 0) is 45.7 Å². The molecule has 0 saturated heterocycles. The molecule has 1 amide bonds. The summed E-state index contributed by atoms with van der Waals surface area (Å²) < 4.78 is 6.35. The lowest BCUT2D eigenvalue weighted by molar-refractivity contribution is 0.0325. The van der Waals surface area contributed by atoms with Gasteiger partial charge in [-0.1, -0.05) is 18.8 Å². The first-order valence-electron chi connectivity index (χ1n) is 12.5. The van der Waals surface area contributed by atoms with Gasteiger partial charge in [0.2, 0.25) is 5.88 Å². The fraction of sp³-hybridized carbons (Fsp3) is 0.556. The highest BCUT2D eigenvalue weighted by molar-refractivity contribution is 5.97. The minimum Gasteiger partial charge on any atom is -0.472 e. The number of amides is 1. The highest BCUT2D eigenvalue weighted by atomic mass is 16.5. The van der Waals surface area contributed by atoms with Crippen LogP contribution in [0.2, 0.25) is 0 Å². The van der Waals surface area contributed by atoms with Gasteiger partial charge in [-0.2, -0.15) is 0 Å². The fourth-order valence-electron chi connectivity index (χ4n) is 4.76. The van der Waals surface area contributed by atoms with Gasteiger partial charge in [0, 0.05) is 55.3 Å². The van der Waals surface area contributed by atoms with Crippen LogP contribution in [0.25, 0.3) is 0 Å². The number of aromatic nitrogens is 3. The van der Waals surface area contributed by atoms with E-state index in [0.717, 1.165) is 18.4 Å². The van der Waals surface area contributed by atoms with E-state index in [9.17, 15) is 15.0 Å². The van der Waals surface area contributed by atoms with Crippen LogP contribution in [0.4, 0.5) is 0 Å². The molecule has 2 aromatic rings. The molecule has 1 aliphatic heterocycles. The number of ether oxygens (including phenoxy) is 1. The highest BCUT2D eigenvalue weighted by Crippen LogP contribution is 2.30. The molecule has 36 heavy (non-hydrogen) atoms. The van der Waals surface area contributed by atoms with E-state index in [2.05, 4.69) is 31.7 Å². The van der Waals surface area contributed by atoms with Crippen molar-refractivity contribution in [1.29, 1.82) is 0 Å². The van der Waals surface area contributed by atoms with Gasteiger partial charge in [0.25, 0.3) is 5.91 Å². The van der Waals surface area contributed by atoms with Crippen molar-refractivity contribution in [2.24, 2.45) is 5.92 Å². The summed E-state index contributed by atoms with van der Waals surface area (Å²) in [5, 5.41) is 20.4. The number of aliphatic hydroxyl groups excluding tert-OH is 1. The van der Waals surface area contributed by atoms with Crippen LogP contribution < -0.4 is 4.74 Å². The second kappa shape index (κ2) is 11.3. The molecule has 3 heterocycles. The van der Waals surface area contributed by atoms with Crippen molar-refractivity contribution >= 4 is 5.91 Å². The summed E-state index contributed by atoms with van der Waals surface area (Å²) in [5.41, 5.74) is 0.886. The number of aliphatic hydroxyl groups is 2. The lowest BCUT2D eigenvalue weighted by atomic mass is 9.99. The maximum Gasteiger partial charge on any atom is 0.259 e. The molecule has 1 aliphatic carbocycles. The number of hydrogen-bond donors (Lipinski definition) is 2. The van der Waals surface area contributed by atoms with E-state index < -0.39 is 5.60 Å². The van der Waals surface area contributed by atoms with E-state index in [1.54, 1.807) is 29.6 Å². The molecule has 0 radical (unpaired) electrons. The summed E-state index contributed by atoms with van der Waals surface area (Å²) in [5.74, 6) is 5.99. The molecule has 3 atom stereocenters. The monoisotopic (exact) mass is 493 g/mol. The van der Waals surface area contributed by atoms with Crippen molar-refractivity contribution in [3.05, 3.63) is 47.7 Å². The zero-order chi connectivity index (χ0) is 25.7. The summed E-state index contributed by atoms with van der Waals surface area (Å²) in [6, 6.07) is 1.32. The van der Waals surface area contributed by atoms with Gasteiger partial charge in [0.05, 0.1) is 12.6 Å². The Morgan fingerprint density at radius 2 is 2.00 bits per heavy atom. The van der Waals surface area contributed by atoms with E-state index in [0.29, 0.717) is 43.6 Å². The summed E-state index contributed by atoms with van der Waals surface area (Å²) in [6.07, 6.45) is 9.66. The Morgan fingerprint density at radius 3 is 2.69 bits per heavy atom. The van der Waals surface area contributed by atoms with Crippen LogP contribution in [0.1, 0.15) is 61.0 Å². The summed E-state index contributed by atoms with van der Waals surface area (Å²) in [7, 11) is 2.00. The fourth-order valence-corrected chi connectivity index (χ4v) is 4.76. The predicted molar refractivity (Wildman–Crippen MR) is 134 cm³/mol. The van der Waals surface area contributed by atoms with Crippen molar-refractivity contribution in [3.63, 3.8) is 0 Å². The van der Waals surface area contributed by atoms with Crippen LogP contribution in [0.15, 0.2) is 31.0 Å². The lowest BCUT2D eigenvalue weighted by Gasteiger charge is -2.37. The molecular weight excluding hydrogens is 458 g/mol. The van der Waals surface area contributed by atoms with E-state index in [-0.39, 0.29) is 36.5 Å². The number of fused-ring (bicyclic) bond motifs is 1. The Morgan fingerprint density at radius 1 is 1.28 bits per heavy atom. The molecule has 192 valence electrons. The second-order valence-electron chi connectivity index (χ2n) is 10.1. The third kappa shape index (κ3) is 6.19. The van der Waals surface area contributed by atoms with Crippen LogP contribution in [-0.4, -0.2) is 85.4 Å². The van der Waals surface area contributed by atoms with Crippen molar-refractivity contribution in [2.75, 3.05) is 26.7 Å². The molecule has 2 aliphatic rings. The van der Waals surface area contributed by atoms with E-state index in [4.69, 9.17) is 4.74 Å². The van der Waals surface area contributed by atoms with E-state index in [1.165, 1.54) is 6.33 Å². The van der Waals surface area contributed by atoms with Gasteiger partial charge >= 0.3 is 0 Å². The number of hydrogen-bond acceptors (Lipinski definition) is 8. The molecule has 9 heteroatoms. The third-order valence-electron chi connectivity index (χ3n) is 6.95. The number of carbonyl (C=O) groups is 1. The summed E-state index contributed by atoms with van der Waals surface area (Å²) in [4.78, 5) is 30.0. The molecule has 2 aromatic heterocycles. The van der Waals surface area contributed by atoms with Gasteiger partial charge < -0.3 is 19.8 Å². The number of carbonyl (C=O) groups excluding carboxylic acids is 1. The molecule has 0 bridgehead atoms. The Balaban J connectivity index is 1.61. The molecule has 1 fully saturated rings. The maximum absolute atomic E-state index is 13.6. The second-order valence-corrected chi connectivity index (χ2v) is 10.1. The zero-order valence-electron chi connectivity index (χ0n) is 21.2. The van der Waals surface area contributed by atoms with Gasteiger partial charge in [-0.15, -0.1) is 0 Å². The van der Waals surface area contributed by atoms with Crippen LogP contribution in [0, 0.1) is 17.8 Å². The predicted octanol–water partition coefficient (Wildman–Crippen LogP) is 1.88. The Hall–Kier alpha value is -3.06. The molecule has 0 aromatic carbocycles. The molecule has 9 nitrogen and oxygen atoms in total. The van der Waals surface area contributed by atoms with Crippen LogP contribution >= 0.6 is 0 Å². The normalized spacial score (nSPS) is 22.2. The first-order chi connectivity index (χ1) is 17.3. The van der Waals surface area contributed by atoms with Crippen LogP contribution in [0.5, 0.6) is 5.88 Å². The summed E-state index contributed by atoms with van der Waals surface area (Å²) >= 11 is 0. The molecule has 0 spiro atoms. The van der Waals surface area contributed by atoms with Gasteiger partial charge in [-0.3, -0.25) is 9.69 Å². The molecular formula is C27H35N5O4. The standard InChI is InChI=1S/C27H35N5O4/c1-19-14-32(20(2)17-33)26(34)23-10-21(6-9-27(35)7-4-5-8-27)13-30-25(23)36-24(19)16-31(3)15-22-11-28-18-29-12-22/h10-13,18-20,24,33,35H,4-5,7-8,14-17H2,1-3H3/t19-,20-,24+/m1/s1. The largest absolute Gasteiger partial charge is 0.472 e. The van der Waals surface area contributed by atoms with Crippen molar-refractivity contribution < 1.29 is 19.7 Å². The average Bonchev–Trinajstić information content (AvgIpc) is 3.31. The quantitative estimate of drug-likeness (QED) is 0.587. The first kappa shape index (κ1) is 26.0. The molecule has 1 saturated carbocycles. The topological polar surface area (TPSA) is 112 Å². The minimum absolute atomic E-state index is 0.0107. The smallest absolute Gasteiger partial charge is 0.259 e. The SMILES string of the molecule is C[C@@H]1CN([C@H](C)CO)C(=O)c2cc(C#CC3(O)CCCC3)cnc2O[C@H]1CN(C)Cc1cncnc1. The van der Waals surface area contributed by atoms with Crippen molar-refractivity contribution in [1.82, 2.24) is 24.8 Å². The van der Waals surface area contributed by atoms with Gasteiger partial charge in [0.1, 0.15) is 23.6 Å². The number of nitrogens with zero attached hydrogens (tertiary/aromatic N) is 5. The first-order valence-corrected chi connectivity index (χ1v) is 12.5. The molecule has 4 rings (SSSR count). The van der Waals surface area contributed by atoms with E-state index >= 15 is 0 Å².